The van der Waals surface area contributed by atoms with Crippen LogP contribution in [0.1, 0.15) is 56.7 Å². The van der Waals surface area contributed by atoms with Gasteiger partial charge in [-0.05, 0) is 49.7 Å². The Kier molecular flexibility index (Phi) is 5.26. The molecule has 2 fully saturated rings. The monoisotopic (exact) mass is 320 g/mol. The first-order chi connectivity index (χ1) is 11.2. The summed E-state index contributed by atoms with van der Waals surface area (Å²) >= 11 is 0. The lowest BCUT2D eigenvalue weighted by atomic mass is 10.0. The zero-order valence-electron chi connectivity index (χ0n) is 14.1. The van der Waals surface area contributed by atoms with Crippen LogP contribution in [0.4, 0.5) is 4.79 Å². The van der Waals surface area contributed by atoms with E-state index in [-0.39, 0.29) is 17.5 Å². The summed E-state index contributed by atoms with van der Waals surface area (Å²) in [4.78, 5) is 14.7. The fourth-order valence-corrected chi connectivity index (χ4v) is 3.50. The number of likely N-dealkylation sites (tertiary alicyclic amines) is 1. The Morgan fingerprint density at radius 1 is 1.43 bits per heavy atom. The van der Waals surface area contributed by atoms with Gasteiger partial charge >= 0.3 is 6.03 Å². The summed E-state index contributed by atoms with van der Waals surface area (Å²) in [6.45, 7) is 2.34. The molecule has 1 unspecified atom stereocenters. The second-order valence-electron chi connectivity index (χ2n) is 6.98. The van der Waals surface area contributed by atoms with E-state index in [0.717, 1.165) is 51.1 Å². The van der Waals surface area contributed by atoms with Gasteiger partial charge in [-0.1, -0.05) is 12.8 Å². The van der Waals surface area contributed by atoms with Crippen LogP contribution in [-0.4, -0.2) is 37.7 Å². The predicted molar refractivity (Wildman–Crippen MR) is 88.2 cm³/mol. The number of nitrogens with zero attached hydrogens (tertiary/aromatic N) is 1. The van der Waals surface area contributed by atoms with E-state index in [1.54, 1.807) is 13.4 Å². The van der Waals surface area contributed by atoms with Gasteiger partial charge in [0.1, 0.15) is 5.76 Å². The van der Waals surface area contributed by atoms with Crippen molar-refractivity contribution < 1.29 is 13.9 Å². The molecule has 0 radical (unpaired) electrons. The molecular weight excluding hydrogens is 292 g/mol. The molecule has 1 aliphatic heterocycles. The maximum absolute atomic E-state index is 12.7. The number of urea groups is 1. The predicted octanol–water partition coefficient (Wildman–Crippen LogP) is 3.72. The van der Waals surface area contributed by atoms with Crippen molar-refractivity contribution in [3.05, 3.63) is 24.2 Å². The fraction of sp³-hybridized carbons (Fsp3) is 0.722. The standard InChI is InChI=1S/C18H28N2O3/c1-22-13-10-18(8-9-18)14-19-17(21)20-11-4-2-3-6-15(20)16-7-5-12-23-16/h5,7,12,15H,2-4,6,8-11,13-14H2,1H3,(H,19,21). The second-order valence-corrected chi connectivity index (χ2v) is 6.98. The molecule has 3 rings (SSSR count). The molecule has 0 spiro atoms. The van der Waals surface area contributed by atoms with E-state index in [0.29, 0.717) is 0 Å². The van der Waals surface area contributed by atoms with Crippen LogP contribution in [0.15, 0.2) is 22.8 Å². The van der Waals surface area contributed by atoms with Crippen LogP contribution in [0.2, 0.25) is 0 Å². The summed E-state index contributed by atoms with van der Waals surface area (Å²) in [7, 11) is 1.74. The summed E-state index contributed by atoms with van der Waals surface area (Å²) in [6, 6.07) is 4.01. The highest BCUT2D eigenvalue weighted by atomic mass is 16.5. The summed E-state index contributed by atoms with van der Waals surface area (Å²) in [5.41, 5.74) is 0.275. The highest BCUT2D eigenvalue weighted by molar-refractivity contribution is 5.74. The second kappa shape index (κ2) is 7.39. The van der Waals surface area contributed by atoms with Gasteiger partial charge in [-0.25, -0.2) is 4.79 Å². The van der Waals surface area contributed by atoms with Gasteiger partial charge in [0.05, 0.1) is 12.3 Å². The van der Waals surface area contributed by atoms with Gasteiger partial charge in [-0.2, -0.15) is 0 Å². The van der Waals surface area contributed by atoms with E-state index in [9.17, 15) is 4.79 Å². The number of carbonyl (C=O) groups excluding carboxylic acids is 1. The van der Waals surface area contributed by atoms with E-state index >= 15 is 0 Å². The fourth-order valence-electron chi connectivity index (χ4n) is 3.50. The van der Waals surface area contributed by atoms with E-state index in [2.05, 4.69) is 5.32 Å². The van der Waals surface area contributed by atoms with Crippen molar-refractivity contribution in [2.45, 2.75) is 51.0 Å². The van der Waals surface area contributed by atoms with Crippen LogP contribution >= 0.6 is 0 Å². The third-order valence-electron chi connectivity index (χ3n) is 5.29. The number of nitrogens with one attached hydrogen (secondary N) is 1. The van der Waals surface area contributed by atoms with Crippen molar-refractivity contribution in [3.8, 4) is 0 Å². The number of furan rings is 1. The van der Waals surface area contributed by atoms with Crippen molar-refractivity contribution in [3.63, 3.8) is 0 Å². The molecule has 1 saturated carbocycles. The summed E-state index contributed by atoms with van der Waals surface area (Å²) in [6.07, 6.45) is 9.49. The zero-order chi connectivity index (χ0) is 16.1. The van der Waals surface area contributed by atoms with Crippen LogP contribution < -0.4 is 5.32 Å². The Morgan fingerprint density at radius 3 is 3.00 bits per heavy atom. The van der Waals surface area contributed by atoms with Gasteiger partial charge in [-0.3, -0.25) is 0 Å². The third kappa shape index (κ3) is 4.08. The molecule has 0 aromatic carbocycles. The van der Waals surface area contributed by atoms with Gasteiger partial charge < -0.3 is 19.4 Å². The lowest BCUT2D eigenvalue weighted by Gasteiger charge is -2.29. The molecular formula is C18H28N2O3. The average molecular weight is 320 g/mol. The molecule has 1 aromatic heterocycles. The number of ether oxygens (including phenoxy) is 1. The molecule has 128 valence electrons. The van der Waals surface area contributed by atoms with Crippen molar-refractivity contribution in [1.29, 1.82) is 0 Å². The van der Waals surface area contributed by atoms with Gasteiger partial charge in [0.15, 0.2) is 0 Å². The van der Waals surface area contributed by atoms with E-state index in [1.807, 2.05) is 17.0 Å². The number of rotatable bonds is 6. The number of amides is 2. The van der Waals surface area contributed by atoms with Gasteiger partial charge in [-0.15, -0.1) is 0 Å². The smallest absolute Gasteiger partial charge is 0.318 e. The van der Waals surface area contributed by atoms with Crippen LogP contribution in [-0.2, 0) is 4.74 Å². The quantitative estimate of drug-likeness (QED) is 0.869. The Morgan fingerprint density at radius 2 is 2.30 bits per heavy atom. The average Bonchev–Trinajstić information content (AvgIpc) is 3.22. The molecule has 23 heavy (non-hydrogen) atoms. The molecule has 2 aliphatic rings. The molecule has 1 saturated heterocycles. The van der Waals surface area contributed by atoms with Crippen LogP contribution in [0.3, 0.4) is 0 Å². The maximum Gasteiger partial charge on any atom is 0.318 e. The first-order valence-electron chi connectivity index (χ1n) is 8.81. The minimum Gasteiger partial charge on any atom is -0.467 e. The van der Waals surface area contributed by atoms with E-state index in [4.69, 9.17) is 9.15 Å². The van der Waals surface area contributed by atoms with Gasteiger partial charge in [0, 0.05) is 26.8 Å². The topological polar surface area (TPSA) is 54.7 Å². The Hall–Kier alpha value is -1.49. The Balaban J connectivity index is 1.59. The molecule has 0 bridgehead atoms. The lowest BCUT2D eigenvalue weighted by molar-refractivity contribution is 0.156. The van der Waals surface area contributed by atoms with Crippen molar-refractivity contribution in [2.24, 2.45) is 5.41 Å². The summed E-state index contributed by atoms with van der Waals surface area (Å²) in [5.74, 6) is 0.905. The third-order valence-corrected chi connectivity index (χ3v) is 5.29. The summed E-state index contributed by atoms with van der Waals surface area (Å²) < 4.78 is 10.8. The van der Waals surface area contributed by atoms with Gasteiger partial charge in [0.25, 0.3) is 0 Å². The van der Waals surface area contributed by atoms with Crippen LogP contribution in [0, 0.1) is 5.41 Å². The minimum atomic E-state index is 0.0528. The molecule has 2 heterocycles. The van der Waals surface area contributed by atoms with Gasteiger partial charge in [0.2, 0.25) is 0 Å². The SMILES string of the molecule is COCCC1(CNC(=O)N2CCCCCC2c2ccco2)CC1. The largest absolute Gasteiger partial charge is 0.467 e. The maximum atomic E-state index is 12.7. The molecule has 5 nitrogen and oxygen atoms in total. The highest BCUT2D eigenvalue weighted by Gasteiger charge is 2.42. The van der Waals surface area contributed by atoms with Crippen molar-refractivity contribution in [1.82, 2.24) is 10.2 Å². The van der Waals surface area contributed by atoms with Crippen LogP contribution in [0.25, 0.3) is 0 Å². The number of hydrogen-bond acceptors (Lipinski definition) is 3. The van der Waals surface area contributed by atoms with Crippen molar-refractivity contribution in [2.75, 3.05) is 26.8 Å². The molecule has 2 amide bonds. The van der Waals surface area contributed by atoms with E-state index in [1.165, 1.54) is 19.3 Å². The Bertz CT molecular complexity index is 496. The number of carbonyl (C=O) groups is 1. The molecule has 1 aliphatic carbocycles. The normalized spacial score (nSPS) is 23.3. The molecule has 1 N–H and O–H groups in total. The van der Waals surface area contributed by atoms with Crippen LogP contribution in [0.5, 0.6) is 0 Å². The Labute approximate surface area is 138 Å². The summed E-state index contributed by atoms with van der Waals surface area (Å²) in [5, 5.41) is 3.17. The first-order valence-corrected chi connectivity index (χ1v) is 8.81. The lowest BCUT2D eigenvalue weighted by Crippen LogP contribution is -2.44. The molecule has 1 aromatic rings. The van der Waals surface area contributed by atoms with E-state index < -0.39 is 0 Å². The first kappa shape index (κ1) is 16.4. The highest BCUT2D eigenvalue weighted by Crippen LogP contribution is 2.48. The minimum absolute atomic E-state index is 0.0528. The molecule has 5 heteroatoms. The molecule has 1 atom stereocenters. The van der Waals surface area contributed by atoms with Crippen molar-refractivity contribution >= 4 is 6.03 Å². The number of hydrogen-bond donors (Lipinski definition) is 1. The number of methoxy groups -OCH3 is 1. The zero-order valence-corrected chi connectivity index (χ0v) is 14.1.